The first kappa shape index (κ1) is 17.0. The first-order chi connectivity index (χ1) is 11.0. The second-order valence-electron chi connectivity index (χ2n) is 5.73. The monoisotopic (exact) mass is 319 g/mol. The molecule has 1 amide bonds. The Morgan fingerprint density at radius 3 is 2.39 bits per heavy atom. The number of nitrogens with one attached hydrogen (secondary N) is 1. The van der Waals surface area contributed by atoms with Crippen molar-refractivity contribution < 1.29 is 24.2 Å². The molecule has 0 saturated heterocycles. The van der Waals surface area contributed by atoms with Crippen molar-refractivity contribution >= 4 is 17.7 Å². The molecule has 0 aliphatic heterocycles. The van der Waals surface area contributed by atoms with Gasteiger partial charge in [-0.2, -0.15) is 0 Å². The molecule has 0 bridgehead atoms. The molecule has 1 aromatic rings. The number of benzene rings is 1. The van der Waals surface area contributed by atoms with Crippen molar-refractivity contribution in [3.05, 3.63) is 29.8 Å². The number of ketones is 1. The van der Waals surface area contributed by atoms with E-state index in [0.29, 0.717) is 17.7 Å². The summed E-state index contributed by atoms with van der Waals surface area (Å²) >= 11 is 0. The third-order valence-electron chi connectivity index (χ3n) is 3.90. The van der Waals surface area contributed by atoms with Gasteiger partial charge in [0.15, 0.2) is 5.78 Å². The highest BCUT2D eigenvalue weighted by Gasteiger charge is 2.37. The number of rotatable bonds is 9. The lowest BCUT2D eigenvalue weighted by Crippen LogP contribution is -2.42. The van der Waals surface area contributed by atoms with E-state index in [0.717, 1.165) is 12.8 Å². The van der Waals surface area contributed by atoms with Crippen molar-refractivity contribution in [2.45, 2.75) is 38.1 Å². The molecular weight excluding hydrogens is 298 g/mol. The Kier molecular flexibility index (Phi) is 5.73. The highest BCUT2D eigenvalue weighted by molar-refractivity contribution is 5.96. The minimum atomic E-state index is -0.991. The second kappa shape index (κ2) is 7.76. The van der Waals surface area contributed by atoms with E-state index in [2.05, 4.69) is 5.32 Å². The quantitative estimate of drug-likeness (QED) is 0.679. The van der Waals surface area contributed by atoms with Crippen LogP contribution in [-0.4, -0.2) is 35.9 Å². The molecule has 1 aliphatic rings. The summed E-state index contributed by atoms with van der Waals surface area (Å²) in [5.74, 6) is -0.613. The highest BCUT2D eigenvalue weighted by atomic mass is 16.5. The predicted molar refractivity (Wildman–Crippen MR) is 83.5 cm³/mol. The second-order valence-corrected chi connectivity index (χ2v) is 5.73. The number of Topliss-reactive ketones (excluding diaryl/α,β-unsaturated/α-hetero) is 1. The highest BCUT2D eigenvalue weighted by Crippen LogP contribution is 2.32. The lowest BCUT2D eigenvalue weighted by atomic mass is 10.0. The summed E-state index contributed by atoms with van der Waals surface area (Å²) in [6.07, 6.45) is 2.48. The number of hydrogen-bond donors (Lipinski definition) is 2. The van der Waals surface area contributed by atoms with Gasteiger partial charge < -0.3 is 15.2 Å². The molecule has 0 radical (unpaired) electrons. The molecule has 1 aromatic carbocycles. The summed E-state index contributed by atoms with van der Waals surface area (Å²) in [5.41, 5.74) is 0.576. The first-order valence-corrected chi connectivity index (χ1v) is 7.70. The Morgan fingerprint density at radius 2 is 1.87 bits per heavy atom. The minimum absolute atomic E-state index is 0.0440. The fourth-order valence-electron chi connectivity index (χ4n) is 2.39. The summed E-state index contributed by atoms with van der Waals surface area (Å²) in [4.78, 5) is 34.9. The van der Waals surface area contributed by atoms with Crippen LogP contribution in [-0.2, 0) is 9.59 Å². The van der Waals surface area contributed by atoms with Crippen LogP contribution in [0.5, 0.6) is 5.75 Å². The van der Waals surface area contributed by atoms with Gasteiger partial charge in [0.2, 0.25) is 5.91 Å². The van der Waals surface area contributed by atoms with Gasteiger partial charge in [-0.05, 0) is 49.4 Å². The summed E-state index contributed by atoms with van der Waals surface area (Å²) in [6, 6.07) is 6.02. The Balaban J connectivity index is 1.73. The molecule has 1 aliphatic carbocycles. The van der Waals surface area contributed by atoms with Crippen LogP contribution in [0, 0.1) is 5.92 Å². The molecule has 0 aromatic heterocycles. The summed E-state index contributed by atoms with van der Waals surface area (Å²) in [6.45, 7) is 0. The number of carbonyl (C=O) groups excluding carboxylic acids is 2. The number of carboxylic acid groups (broad SMARTS) is 1. The third kappa shape index (κ3) is 5.09. The molecular formula is C17H21NO5. The number of ether oxygens (including phenoxy) is 1. The molecule has 124 valence electrons. The van der Waals surface area contributed by atoms with Gasteiger partial charge in [-0.15, -0.1) is 0 Å². The molecule has 1 unspecified atom stereocenters. The summed E-state index contributed by atoms with van der Waals surface area (Å²) in [5, 5.41) is 11.6. The van der Waals surface area contributed by atoms with E-state index in [9.17, 15) is 14.4 Å². The number of aliphatic carboxylic acids is 1. The van der Waals surface area contributed by atoms with Crippen molar-refractivity contribution in [2.75, 3.05) is 7.11 Å². The van der Waals surface area contributed by atoms with Gasteiger partial charge in [0.05, 0.1) is 7.11 Å². The molecule has 1 atom stereocenters. The maximum atomic E-state index is 12.0. The smallest absolute Gasteiger partial charge is 0.326 e. The number of methoxy groups -OCH3 is 1. The van der Waals surface area contributed by atoms with Crippen LogP contribution in [0.25, 0.3) is 0 Å². The molecule has 0 heterocycles. The van der Waals surface area contributed by atoms with Crippen LogP contribution >= 0.6 is 0 Å². The molecule has 2 N–H and O–H groups in total. The van der Waals surface area contributed by atoms with Crippen LogP contribution in [0.3, 0.4) is 0 Å². The predicted octanol–water partition coefficient (Wildman–Crippen LogP) is 2.03. The molecule has 1 fully saturated rings. The molecule has 6 nitrogen and oxygen atoms in total. The van der Waals surface area contributed by atoms with Crippen LogP contribution in [0.1, 0.15) is 42.5 Å². The Morgan fingerprint density at radius 1 is 1.22 bits per heavy atom. The van der Waals surface area contributed by atoms with Gasteiger partial charge in [0, 0.05) is 18.4 Å². The molecule has 23 heavy (non-hydrogen) atoms. The van der Waals surface area contributed by atoms with Gasteiger partial charge >= 0.3 is 5.97 Å². The zero-order chi connectivity index (χ0) is 16.8. The number of amides is 1. The van der Waals surface area contributed by atoms with Crippen molar-refractivity contribution in [3.63, 3.8) is 0 Å². The number of hydrogen-bond acceptors (Lipinski definition) is 4. The lowest BCUT2D eigenvalue weighted by Gasteiger charge is -2.13. The van der Waals surface area contributed by atoms with E-state index in [-0.39, 0.29) is 30.4 Å². The third-order valence-corrected chi connectivity index (χ3v) is 3.90. The van der Waals surface area contributed by atoms with E-state index in [1.54, 1.807) is 31.4 Å². The van der Waals surface area contributed by atoms with Crippen molar-refractivity contribution in [2.24, 2.45) is 5.92 Å². The number of carboxylic acids is 1. The van der Waals surface area contributed by atoms with Gasteiger partial charge in [-0.1, -0.05) is 0 Å². The van der Waals surface area contributed by atoms with E-state index in [1.165, 1.54) is 0 Å². The molecule has 6 heteroatoms. The Hall–Kier alpha value is -2.37. The van der Waals surface area contributed by atoms with Crippen LogP contribution < -0.4 is 10.1 Å². The van der Waals surface area contributed by atoms with Crippen LogP contribution in [0.2, 0.25) is 0 Å². The maximum Gasteiger partial charge on any atom is 0.326 e. The molecule has 1 saturated carbocycles. The van der Waals surface area contributed by atoms with Gasteiger partial charge in [-0.25, -0.2) is 4.79 Å². The van der Waals surface area contributed by atoms with E-state index in [1.807, 2.05) is 0 Å². The maximum absolute atomic E-state index is 12.0. The van der Waals surface area contributed by atoms with Crippen molar-refractivity contribution in [3.8, 4) is 5.75 Å². The van der Waals surface area contributed by atoms with Gasteiger partial charge in [-0.3, -0.25) is 9.59 Å². The topological polar surface area (TPSA) is 92.7 Å². The van der Waals surface area contributed by atoms with E-state index >= 15 is 0 Å². The Labute approximate surface area is 134 Å². The van der Waals surface area contributed by atoms with E-state index in [4.69, 9.17) is 9.84 Å². The van der Waals surface area contributed by atoms with Gasteiger partial charge in [0.25, 0.3) is 0 Å². The summed E-state index contributed by atoms with van der Waals surface area (Å²) in [7, 11) is 1.56. The summed E-state index contributed by atoms with van der Waals surface area (Å²) < 4.78 is 5.03. The van der Waals surface area contributed by atoms with E-state index < -0.39 is 12.0 Å². The Bertz CT molecular complexity index is 577. The van der Waals surface area contributed by atoms with Crippen molar-refractivity contribution in [1.29, 1.82) is 0 Å². The van der Waals surface area contributed by atoms with Gasteiger partial charge in [0.1, 0.15) is 11.8 Å². The fraction of sp³-hybridized carbons (Fsp3) is 0.471. The zero-order valence-electron chi connectivity index (χ0n) is 13.1. The fourth-order valence-corrected chi connectivity index (χ4v) is 2.39. The minimum Gasteiger partial charge on any atom is -0.497 e. The zero-order valence-corrected chi connectivity index (χ0v) is 13.1. The first-order valence-electron chi connectivity index (χ1n) is 7.70. The number of carbonyl (C=O) groups is 3. The average molecular weight is 319 g/mol. The average Bonchev–Trinajstić information content (AvgIpc) is 3.37. The standard InChI is InChI=1S/C17H21NO5/c1-23-13-9-7-11(8-10-13)14(19)3-2-4-15(20)18-16(17(21)22)12-5-6-12/h7-10,12,16H,2-6H2,1H3,(H,18,20)(H,21,22). The lowest BCUT2D eigenvalue weighted by molar-refractivity contribution is -0.142. The molecule has 0 spiro atoms. The SMILES string of the molecule is COc1ccc(C(=O)CCCC(=O)NC(C(=O)O)C2CC2)cc1. The largest absolute Gasteiger partial charge is 0.497 e. The molecule has 2 rings (SSSR count). The van der Waals surface area contributed by atoms with Crippen LogP contribution in [0.15, 0.2) is 24.3 Å². The van der Waals surface area contributed by atoms with Crippen molar-refractivity contribution in [1.82, 2.24) is 5.32 Å². The normalized spacial score (nSPS) is 14.8. The van der Waals surface area contributed by atoms with Crippen LogP contribution in [0.4, 0.5) is 0 Å².